The Morgan fingerprint density at radius 1 is 1.32 bits per heavy atom. The molecule has 0 bridgehead atoms. The topological polar surface area (TPSA) is 131 Å². The summed E-state index contributed by atoms with van der Waals surface area (Å²) >= 11 is 0. The monoisotopic (exact) mass is 372 g/mol. The molecule has 1 aromatic carbocycles. The number of nitrogens with one attached hydrogen (secondary N) is 2. The second-order valence-corrected chi connectivity index (χ2v) is 8.24. The SMILES string of the molecule is CC(C)(C)OC(=O)NN1CC(NS(=O)(=O)c2ccccc2[N+](=O)[O-])C1. The molecule has 1 aliphatic rings. The lowest BCUT2D eigenvalue weighted by molar-refractivity contribution is -0.387. The first-order valence-corrected chi connectivity index (χ1v) is 8.96. The number of hydrogen-bond acceptors (Lipinski definition) is 7. The van der Waals surface area contributed by atoms with Gasteiger partial charge in [0.2, 0.25) is 10.0 Å². The predicted octanol–water partition coefficient (Wildman–Crippen LogP) is 0.997. The van der Waals surface area contributed by atoms with Crippen molar-refractivity contribution in [3.05, 3.63) is 34.4 Å². The molecule has 0 atom stereocenters. The molecule has 0 unspecified atom stereocenters. The molecule has 1 aliphatic heterocycles. The van der Waals surface area contributed by atoms with Crippen LogP contribution in [0, 0.1) is 10.1 Å². The number of amides is 1. The molecular weight excluding hydrogens is 352 g/mol. The highest BCUT2D eigenvalue weighted by atomic mass is 32.2. The van der Waals surface area contributed by atoms with E-state index in [1.807, 2.05) is 0 Å². The van der Waals surface area contributed by atoms with Gasteiger partial charge >= 0.3 is 6.09 Å². The van der Waals surface area contributed by atoms with Gasteiger partial charge in [-0.1, -0.05) is 12.1 Å². The Kier molecular flexibility index (Phi) is 5.30. The van der Waals surface area contributed by atoms with Crippen molar-refractivity contribution in [2.45, 2.75) is 37.3 Å². The number of hydrazine groups is 1. The quantitative estimate of drug-likeness (QED) is 0.582. The van der Waals surface area contributed by atoms with Crippen LogP contribution in [0.5, 0.6) is 0 Å². The highest BCUT2D eigenvalue weighted by Crippen LogP contribution is 2.23. The fraction of sp³-hybridized carbons (Fsp3) is 0.500. The number of benzene rings is 1. The number of hydrogen-bond donors (Lipinski definition) is 2. The summed E-state index contributed by atoms with van der Waals surface area (Å²) in [5.74, 6) is 0. The van der Waals surface area contributed by atoms with Gasteiger partial charge in [0.25, 0.3) is 5.69 Å². The molecule has 0 aliphatic carbocycles. The molecule has 11 heteroatoms. The molecule has 0 saturated carbocycles. The number of ether oxygens (including phenoxy) is 1. The maximum absolute atomic E-state index is 12.3. The Morgan fingerprint density at radius 3 is 2.48 bits per heavy atom. The number of carbonyl (C=O) groups is 1. The van der Waals surface area contributed by atoms with Crippen LogP contribution in [0.15, 0.2) is 29.2 Å². The zero-order valence-corrected chi connectivity index (χ0v) is 14.9. The van der Waals surface area contributed by atoms with E-state index in [0.717, 1.165) is 6.07 Å². The molecule has 25 heavy (non-hydrogen) atoms. The summed E-state index contributed by atoms with van der Waals surface area (Å²) in [7, 11) is -4.04. The Balaban J connectivity index is 1.93. The third-order valence-electron chi connectivity index (χ3n) is 3.20. The van der Waals surface area contributed by atoms with Gasteiger partial charge in [0, 0.05) is 19.2 Å². The normalized spacial score (nSPS) is 16.1. The molecule has 1 amide bonds. The van der Waals surface area contributed by atoms with Gasteiger partial charge in [0.15, 0.2) is 4.90 Å². The highest BCUT2D eigenvalue weighted by molar-refractivity contribution is 7.89. The summed E-state index contributed by atoms with van der Waals surface area (Å²) in [6, 6.07) is 4.65. The van der Waals surface area contributed by atoms with Crippen LogP contribution in [0.2, 0.25) is 0 Å². The molecule has 0 aromatic heterocycles. The minimum absolute atomic E-state index is 0.221. The molecule has 1 heterocycles. The van der Waals surface area contributed by atoms with Crippen LogP contribution in [-0.4, -0.2) is 49.2 Å². The maximum atomic E-state index is 12.3. The molecule has 0 spiro atoms. The van der Waals surface area contributed by atoms with Gasteiger partial charge in [0.05, 0.1) is 11.0 Å². The second kappa shape index (κ2) is 6.94. The van der Waals surface area contributed by atoms with E-state index in [1.54, 1.807) is 20.8 Å². The van der Waals surface area contributed by atoms with Crippen molar-refractivity contribution in [3.8, 4) is 0 Å². The first-order valence-electron chi connectivity index (χ1n) is 7.48. The van der Waals surface area contributed by atoms with Gasteiger partial charge in [-0.15, -0.1) is 0 Å². The molecule has 138 valence electrons. The van der Waals surface area contributed by atoms with E-state index in [1.165, 1.54) is 23.2 Å². The molecule has 2 rings (SSSR count). The number of rotatable bonds is 5. The van der Waals surface area contributed by atoms with E-state index in [2.05, 4.69) is 10.1 Å². The van der Waals surface area contributed by atoms with Crippen molar-refractivity contribution < 1.29 is 22.9 Å². The number of nitrogens with zero attached hydrogens (tertiary/aromatic N) is 2. The van der Waals surface area contributed by atoms with Crippen molar-refractivity contribution in [1.29, 1.82) is 0 Å². The average Bonchev–Trinajstić information content (AvgIpc) is 2.42. The fourth-order valence-corrected chi connectivity index (χ4v) is 3.58. The van der Waals surface area contributed by atoms with Gasteiger partial charge in [-0.3, -0.25) is 15.5 Å². The number of nitro benzene ring substituents is 1. The highest BCUT2D eigenvalue weighted by Gasteiger charge is 2.35. The van der Waals surface area contributed by atoms with E-state index in [0.29, 0.717) is 0 Å². The van der Waals surface area contributed by atoms with Crippen LogP contribution < -0.4 is 10.1 Å². The van der Waals surface area contributed by atoms with Gasteiger partial charge in [-0.05, 0) is 26.8 Å². The van der Waals surface area contributed by atoms with Gasteiger partial charge in [-0.2, -0.15) is 0 Å². The van der Waals surface area contributed by atoms with Crippen molar-refractivity contribution in [3.63, 3.8) is 0 Å². The summed E-state index contributed by atoms with van der Waals surface area (Å²) in [5.41, 5.74) is 1.36. The largest absolute Gasteiger partial charge is 0.443 e. The first-order chi connectivity index (χ1) is 11.5. The van der Waals surface area contributed by atoms with E-state index in [-0.39, 0.29) is 13.1 Å². The lowest BCUT2D eigenvalue weighted by atomic mass is 10.2. The number of sulfonamides is 1. The van der Waals surface area contributed by atoms with Crippen LogP contribution in [0.3, 0.4) is 0 Å². The van der Waals surface area contributed by atoms with Crippen molar-refractivity contribution in [2.24, 2.45) is 0 Å². The van der Waals surface area contributed by atoms with Crippen LogP contribution in [0.25, 0.3) is 0 Å². The van der Waals surface area contributed by atoms with Crippen LogP contribution in [-0.2, 0) is 14.8 Å². The van der Waals surface area contributed by atoms with Gasteiger partial charge < -0.3 is 4.74 Å². The minimum Gasteiger partial charge on any atom is -0.443 e. The first kappa shape index (κ1) is 19.1. The lowest BCUT2D eigenvalue weighted by Gasteiger charge is -2.39. The van der Waals surface area contributed by atoms with Gasteiger partial charge in [0.1, 0.15) is 5.60 Å². The van der Waals surface area contributed by atoms with E-state index in [9.17, 15) is 23.3 Å². The van der Waals surface area contributed by atoms with Crippen LogP contribution >= 0.6 is 0 Å². The van der Waals surface area contributed by atoms with Crippen LogP contribution in [0.4, 0.5) is 10.5 Å². The summed E-state index contributed by atoms with van der Waals surface area (Å²) in [6.45, 7) is 5.63. The molecule has 10 nitrogen and oxygen atoms in total. The summed E-state index contributed by atoms with van der Waals surface area (Å²) in [6.07, 6.45) is -0.632. The third-order valence-corrected chi connectivity index (χ3v) is 4.77. The van der Waals surface area contributed by atoms with E-state index >= 15 is 0 Å². The van der Waals surface area contributed by atoms with E-state index < -0.39 is 43.3 Å². The Hall–Kier alpha value is -2.24. The maximum Gasteiger partial charge on any atom is 0.422 e. The predicted molar refractivity (Wildman–Crippen MR) is 88.1 cm³/mol. The summed E-state index contributed by atoms with van der Waals surface area (Å²) in [4.78, 5) is 21.4. The minimum atomic E-state index is -4.04. The zero-order valence-electron chi connectivity index (χ0n) is 14.1. The number of nitro groups is 1. The number of carbonyl (C=O) groups excluding carboxylic acids is 1. The molecule has 0 radical (unpaired) electrons. The van der Waals surface area contributed by atoms with Crippen LogP contribution in [0.1, 0.15) is 20.8 Å². The Bertz CT molecular complexity index is 768. The van der Waals surface area contributed by atoms with Crippen molar-refractivity contribution >= 4 is 21.8 Å². The average molecular weight is 372 g/mol. The Labute approximate surface area is 145 Å². The summed E-state index contributed by atoms with van der Waals surface area (Å²) < 4.78 is 32.1. The van der Waals surface area contributed by atoms with Gasteiger partial charge in [-0.25, -0.2) is 22.9 Å². The molecule has 1 saturated heterocycles. The standard InChI is InChI=1S/C14H20N4O6S/c1-14(2,3)24-13(19)15-17-8-10(9-17)16-25(22,23)12-7-5-4-6-11(12)18(20)21/h4-7,10,16H,8-9H2,1-3H3,(H,15,19). The third kappa shape index (κ3) is 5.11. The smallest absolute Gasteiger partial charge is 0.422 e. The fourth-order valence-electron chi connectivity index (χ4n) is 2.19. The zero-order chi connectivity index (χ0) is 18.8. The molecule has 2 N–H and O–H groups in total. The lowest BCUT2D eigenvalue weighted by Crippen LogP contribution is -2.64. The summed E-state index contributed by atoms with van der Waals surface area (Å²) in [5, 5.41) is 12.5. The van der Waals surface area contributed by atoms with E-state index in [4.69, 9.17) is 4.74 Å². The van der Waals surface area contributed by atoms with Crippen molar-refractivity contribution in [2.75, 3.05) is 13.1 Å². The van der Waals surface area contributed by atoms with Crippen molar-refractivity contribution in [1.82, 2.24) is 15.2 Å². The second-order valence-electron chi connectivity index (χ2n) is 6.56. The molecular formula is C14H20N4O6S. The Morgan fingerprint density at radius 2 is 1.92 bits per heavy atom. The molecule has 1 aromatic rings. The molecule has 1 fully saturated rings. The number of para-hydroxylation sites is 1.